The van der Waals surface area contributed by atoms with Crippen LogP contribution in [-0.2, 0) is 0 Å². The molecule has 0 aliphatic carbocycles. The van der Waals surface area contributed by atoms with Gasteiger partial charge < -0.3 is 10.8 Å². The van der Waals surface area contributed by atoms with Crippen LogP contribution in [0.25, 0.3) is 0 Å². The highest BCUT2D eigenvalue weighted by molar-refractivity contribution is 4.58. The quantitative estimate of drug-likeness (QED) is 0.557. The average Bonchev–Trinajstić information content (AvgIpc) is 1.86. The van der Waals surface area contributed by atoms with E-state index in [-0.39, 0.29) is 6.10 Å². The summed E-state index contributed by atoms with van der Waals surface area (Å²) < 4.78 is 0. The van der Waals surface area contributed by atoms with E-state index in [9.17, 15) is 0 Å². The van der Waals surface area contributed by atoms with E-state index in [0.717, 1.165) is 19.6 Å². The number of rotatable bonds is 5. The Morgan fingerprint density at radius 3 is 2.50 bits per heavy atom. The maximum atomic E-state index is 9.00. The van der Waals surface area contributed by atoms with Crippen LogP contribution in [0.4, 0.5) is 0 Å². The normalized spacial score (nSPS) is 14.1. The summed E-state index contributed by atoms with van der Waals surface area (Å²) in [5.74, 6) is 0. The van der Waals surface area contributed by atoms with Gasteiger partial charge in [0, 0.05) is 19.6 Å². The molecule has 62 valence electrons. The maximum absolute atomic E-state index is 9.00. The standard InChI is InChI=1S/C7H18N2O/c1-3-9(5-4-8)6-7(2)10/h7,10H,3-6,8H2,1-2H3. The number of hydrogen-bond donors (Lipinski definition) is 2. The highest BCUT2D eigenvalue weighted by atomic mass is 16.3. The predicted octanol–water partition coefficient (Wildman–Crippen LogP) is -0.352. The van der Waals surface area contributed by atoms with Gasteiger partial charge in [-0.15, -0.1) is 0 Å². The van der Waals surface area contributed by atoms with Crippen LogP contribution >= 0.6 is 0 Å². The molecule has 0 heterocycles. The van der Waals surface area contributed by atoms with Crippen molar-refractivity contribution in [2.45, 2.75) is 20.0 Å². The molecule has 0 saturated heterocycles. The van der Waals surface area contributed by atoms with Crippen LogP contribution in [0.1, 0.15) is 13.8 Å². The third kappa shape index (κ3) is 4.73. The molecule has 0 fully saturated rings. The molecule has 0 aliphatic rings. The first-order valence-electron chi connectivity index (χ1n) is 3.81. The zero-order valence-electron chi connectivity index (χ0n) is 6.88. The topological polar surface area (TPSA) is 49.5 Å². The fourth-order valence-electron chi connectivity index (χ4n) is 0.935. The van der Waals surface area contributed by atoms with Crippen molar-refractivity contribution < 1.29 is 5.11 Å². The summed E-state index contributed by atoms with van der Waals surface area (Å²) in [6.45, 7) is 7.09. The van der Waals surface area contributed by atoms with Crippen LogP contribution in [-0.4, -0.2) is 42.3 Å². The van der Waals surface area contributed by atoms with Gasteiger partial charge in [-0.1, -0.05) is 6.92 Å². The fraction of sp³-hybridized carbons (Fsp3) is 1.00. The molecule has 1 unspecified atom stereocenters. The van der Waals surface area contributed by atoms with Crippen molar-refractivity contribution in [3.8, 4) is 0 Å². The van der Waals surface area contributed by atoms with E-state index in [4.69, 9.17) is 10.8 Å². The van der Waals surface area contributed by atoms with E-state index < -0.39 is 0 Å². The van der Waals surface area contributed by atoms with Gasteiger partial charge in [0.25, 0.3) is 0 Å². The zero-order chi connectivity index (χ0) is 7.98. The van der Waals surface area contributed by atoms with Crippen molar-refractivity contribution in [1.82, 2.24) is 4.90 Å². The molecule has 0 aromatic carbocycles. The first kappa shape index (κ1) is 9.88. The lowest BCUT2D eigenvalue weighted by Gasteiger charge is -2.20. The minimum absolute atomic E-state index is 0.244. The lowest BCUT2D eigenvalue weighted by Crippen LogP contribution is -2.34. The summed E-state index contributed by atoms with van der Waals surface area (Å²) in [5.41, 5.74) is 5.36. The van der Waals surface area contributed by atoms with Gasteiger partial charge in [0.05, 0.1) is 6.10 Å². The lowest BCUT2D eigenvalue weighted by molar-refractivity contribution is 0.132. The van der Waals surface area contributed by atoms with E-state index >= 15 is 0 Å². The lowest BCUT2D eigenvalue weighted by atomic mass is 10.3. The molecule has 0 aliphatic heterocycles. The van der Waals surface area contributed by atoms with Crippen molar-refractivity contribution in [1.29, 1.82) is 0 Å². The molecular formula is C7H18N2O. The Morgan fingerprint density at radius 2 is 2.20 bits per heavy atom. The summed E-state index contributed by atoms with van der Waals surface area (Å²) >= 11 is 0. The number of likely N-dealkylation sites (N-methyl/N-ethyl adjacent to an activating group) is 1. The van der Waals surface area contributed by atoms with Crippen LogP contribution in [0.15, 0.2) is 0 Å². The third-order valence-corrected chi connectivity index (χ3v) is 1.41. The molecule has 3 N–H and O–H groups in total. The van der Waals surface area contributed by atoms with Gasteiger partial charge in [-0.05, 0) is 13.5 Å². The highest BCUT2D eigenvalue weighted by Gasteiger charge is 2.03. The van der Waals surface area contributed by atoms with E-state index in [2.05, 4.69) is 11.8 Å². The summed E-state index contributed by atoms with van der Waals surface area (Å²) in [5, 5.41) is 9.00. The number of aliphatic hydroxyl groups is 1. The van der Waals surface area contributed by atoms with Gasteiger partial charge in [0.1, 0.15) is 0 Å². The van der Waals surface area contributed by atoms with Crippen LogP contribution < -0.4 is 5.73 Å². The van der Waals surface area contributed by atoms with Gasteiger partial charge in [0.2, 0.25) is 0 Å². The Morgan fingerprint density at radius 1 is 1.60 bits per heavy atom. The van der Waals surface area contributed by atoms with Crippen molar-refractivity contribution >= 4 is 0 Å². The first-order chi connectivity index (χ1) is 4.70. The van der Waals surface area contributed by atoms with Crippen LogP contribution in [0.3, 0.4) is 0 Å². The second-order valence-electron chi connectivity index (χ2n) is 2.53. The molecule has 0 aromatic heterocycles. The second-order valence-corrected chi connectivity index (χ2v) is 2.53. The Hall–Kier alpha value is -0.120. The Balaban J connectivity index is 3.39. The van der Waals surface area contributed by atoms with Crippen molar-refractivity contribution in [2.75, 3.05) is 26.2 Å². The number of aliphatic hydroxyl groups excluding tert-OH is 1. The van der Waals surface area contributed by atoms with Gasteiger partial charge in [-0.3, -0.25) is 4.90 Å². The molecule has 1 atom stereocenters. The SMILES string of the molecule is CCN(CCN)CC(C)O. The zero-order valence-corrected chi connectivity index (χ0v) is 6.88. The highest BCUT2D eigenvalue weighted by Crippen LogP contribution is 1.89. The van der Waals surface area contributed by atoms with Crippen molar-refractivity contribution in [3.05, 3.63) is 0 Å². The largest absolute Gasteiger partial charge is 0.392 e. The molecule has 0 spiro atoms. The van der Waals surface area contributed by atoms with Gasteiger partial charge in [-0.25, -0.2) is 0 Å². The molecule has 3 heteroatoms. The Bertz CT molecular complexity index is 76.0. The average molecular weight is 146 g/mol. The predicted molar refractivity (Wildman–Crippen MR) is 42.8 cm³/mol. The van der Waals surface area contributed by atoms with E-state index in [1.54, 1.807) is 6.92 Å². The summed E-state index contributed by atoms with van der Waals surface area (Å²) in [7, 11) is 0. The molecule has 0 amide bonds. The van der Waals surface area contributed by atoms with Crippen molar-refractivity contribution in [3.63, 3.8) is 0 Å². The molecule has 0 saturated carbocycles. The third-order valence-electron chi connectivity index (χ3n) is 1.41. The number of hydrogen-bond acceptors (Lipinski definition) is 3. The monoisotopic (exact) mass is 146 g/mol. The molecule has 0 bridgehead atoms. The summed E-state index contributed by atoms with van der Waals surface area (Å²) in [6, 6.07) is 0. The minimum atomic E-state index is -0.244. The summed E-state index contributed by atoms with van der Waals surface area (Å²) in [4.78, 5) is 2.13. The van der Waals surface area contributed by atoms with E-state index in [0.29, 0.717) is 6.54 Å². The van der Waals surface area contributed by atoms with Gasteiger partial charge in [-0.2, -0.15) is 0 Å². The summed E-state index contributed by atoms with van der Waals surface area (Å²) in [6.07, 6.45) is -0.244. The van der Waals surface area contributed by atoms with Gasteiger partial charge >= 0.3 is 0 Å². The van der Waals surface area contributed by atoms with Crippen LogP contribution in [0.5, 0.6) is 0 Å². The fourth-order valence-corrected chi connectivity index (χ4v) is 0.935. The Labute approximate surface area is 62.8 Å². The molecule has 0 rings (SSSR count). The molecule has 0 aromatic rings. The second kappa shape index (κ2) is 5.65. The van der Waals surface area contributed by atoms with Gasteiger partial charge in [0.15, 0.2) is 0 Å². The Kier molecular flexibility index (Phi) is 5.58. The molecule has 0 radical (unpaired) electrons. The minimum Gasteiger partial charge on any atom is -0.392 e. The number of nitrogens with zero attached hydrogens (tertiary/aromatic N) is 1. The smallest absolute Gasteiger partial charge is 0.0639 e. The maximum Gasteiger partial charge on any atom is 0.0639 e. The van der Waals surface area contributed by atoms with Crippen LogP contribution in [0, 0.1) is 0 Å². The molecule has 3 nitrogen and oxygen atoms in total. The van der Waals surface area contributed by atoms with E-state index in [1.165, 1.54) is 0 Å². The van der Waals surface area contributed by atoms with Crippen LogP contribution in [0.2, 0.25) is 0 Å². The van der Waals surface area contributed by atoms with Crippen molar-refractivity contribution in [2.24, 2.45) is 5.73 Å². The molecular weight excluding hydrogens is 128 g/mol. The molecule has 10 heavy (non-hydrogen) atoms. The van der Waals surface area contributed by atoms with E-state index in [1.807, 2.05) is 0 Å². The number of nitrogens with two attached hydrogens (primary N) is 1. The first-order valence-corrected chi connectivity index (χ1v) is 3.81.